The Morgan fingerprint density at radius 2 is 1.20 bits per heavy atom. The largest absolute Gasteiger partial charge is 0.480 e. The lowest BCUT2D eigenvalue weighted by atomic mass is 10.0. The first-order chi connectivity index (χ1) is 24.6. The van der Waals surface area contributed by atoms with Crippen LogP contribution < -0.4 is 33.2 Å². The van der Waals surface area contributed by atoms with Gasteiger partial charge >= 0.3 is 5.97 Å². The summed E-state index contributed by atoms with van der Waals surface area (Å²) in [5, 5.41) is 19.9. The zero-order valence-corrected chi connectivity index (χ0v) is 28.0. The van der Waals surface area contributed by atoms with Gasteiger partial charge in [-0.2, -0.15) is 0 Å². The number of rotatable bonds is 17. The fraction of sp³-hybridized carbons (Fsp3) is 0.270. The molecule has 0 saturated carbocycles. The van der Waals surface area contributed by atoms with Gasteiger partial charge in [-0.05, 0) is 48.1 Å². The number of nitrogens with one attached hydrogen (secondary N) is 5. The molecular weight excluding hydrogens is 650 g/mol. The van der Waals surface area contributed by atoms with Crippen molar-refractivity contribution in [3.63, 3.8) is 0 Å². The van der Waals surface area contributed by atoms with Gasteiger partial charge in [0.05, 0.1) is 6.04 Å². The topological polar surface area (TPSA) is 247 Å². The number of guanidine groups is 1. The molecule has 0 aliphatic carbocycles. The van der Waals surface area contributed by atoms with Crippen molar-refractivity contribution in [2.75, 3.05) is 6.54 Å². The van der Waals surface area contributed by atoms with Crippen LogP contribution in [0.1, 0.15) is 29.5 Å². The number of H-pyrrole nitrogens is 2. The van der Waals surface area contributed by atoms with E-state index in [1.54, 1.807) is 36.7 Å². The summed E-state index contributed by atoms with van der Waals surface area (Å²) >= 11 is 0. The number of aromatic amines is 2. The van der Waals surface area contributed by atoms with Crippen molar-refractivity contribution in [2.24, 2.45) is 22.2 Å². The van der Waals surface area contributed by atoms with E-state index in [4.69, 9.17) is 17.2 Å². The van der Waals surface area contributed by atoms with E-state index in [0.717, 1.165) is 38.5 Å². The molecule has 3 aromatic carbocycles. The lowest BCUT2D eigenvalue weighted by molar-refractivity contribution is -0.142. The van der Waals surface area contributed by atoms with Crippen molar-refractivity contribution < 1.29 is 24.3 Å². The van der Waals surface area contributed by atoms with E-state index in [0.29, 0.717) is 6.42 Å². The molecule has 0 radical (unpaired) electrons. The first-order valence-corrected chi connectivity index (χ1v) is 16.7. The first kappa shape index (κ1) is 36.1. The maximum absolute atomic E-state index is 14.0. The molecule has 0 bridgehead atoms. The van der Waals surface area contributed by atoms with Gasteiger partial charge in [-0.3, -0.25) is 19.4 Å². The Morgan fingerprint density at radius 1 is 0.667 bits per heavy atom. The van der Waals surface area contributed by atoms with Gasteiger partial charge in [-0.15, -0.1) is 0 Å². The number of para-hydroxylation sites is 2. The summed E-state index contributed by atoms with van der Waals surface area (Å²) in [7, 11) is 0. The van der Waals surface area contributed by atoms with Crippen LogP contribution in [0.2, 0.25) is 0 Å². The van der Waals surface area contributed by atoms with E-state index in [1.807, 2.05) is 54.6 Å². The standard InChI is InChI=1S/C37H43N9O5/c38-27(18-23-20-42-28-13-6-4-11-25(23)28)33(47)44-30(15-8-16-41-37(39)40)34(48)45-31(19-24-21-43-29-14-7-5-12-26(24)29)35(49)46-32(36(50)51)17-22-9-2-1-3-10-22/h1-7,9-14,20-21,27,30-32,42-43H,8,15-19,38H2,(H,44,47)(H,45,48)(H,46,49)(H,50,51)(H4,39,40,41). The second kappa shape index (κ2) is 17.0. The molecule has 14 nitrogen and oxygen atoms in total. The highest BCUT2D eigenvalue weighted by Gasteiger charge is 2.31. The second-order valence-electron chi connectivity index (χ2n) is 12.4. The predicted octanol–water partition coefficient (Wildman–Crippen LogP) is 1.60. The molecule has 0 saturated heterocycles. The van der Waals surface area contributed by atoms with E-state index < -0.39 is 47.9 Å². The first-order valence-electron chi connectivity index (χ1n) is 16.7. The fourth-order valence-electron chi connectivity index (χ4n) is 6.01. The molecule has 0 spiro atoms. The molecule has 0 fully saturated rings. The summed E-state index contributed by atoms with van der Waals surface area (Å²) < 4.78 is 0. The van der Waals surface area contributed by atoms with Gasteiger partial charge in [0, 0.05) is 53.6 Å². The van der Waals surface area contributed by atoms with Crippen LogP contribution in [0.25, 0.3) is 21.8 Å². The zero-order valence-electron chi connectivity index (χ0n) is 28.0. The Balaban J connectivity index is 1.36. The number of carboxylic acid groups (broad SMARTS) is 1. The predicted molar refractivity (Wildman–Crippen MR) is 195 cm³/mol. The molecule has 0 aliphatic heterocycles. The molecule has 3 amide bonds. The summed E-state index contributed by atoms with van der Waals surface area (Å²) in [6.07, 6.45) is 4.28. The highest BCUT2D eigenvalue weighted by atomic mass is 16.4. The molecule has 5 rings (SSSR count). The van der Waals surface area contributed by atoms with Crippen molar-refractivity contribution >= 4 is 51.5 Å². The van der Waals surface area contributed by atoms with Gasteiger partial charge < -0.3 is 48.2 Å². The Morgan fingerprint density at radius 3 is 1.80 bits per heavy atom. The number of carbonyl (C=O) groups excluding carboxylic acids is 3. The third-order valence-electron chi connectivity index (χ3n) is 8.66. The van der Waals surface area contributed by atoms with Gasteiger partial charge in [0.25, 0.3) is 0 Å². The van der Waals surface area contributed by atoms with Crippen molar-refractivity contribution in [3.8, 4) is 0 Å². The quantitative estimate of drug-likeness (QED) is 0.0392. The third kappa shape index (κ3) is 9.73. The highest BCUT2D eigenvalue weighted by molar-refractivity contribution is 5.95. The molecular formula is C37H43N9O5. The maximum atomic E-state index is 14.0. The number of hydrogen-bond acceptors (Lipinski definition) is 6. The molecule has 12 N–H and O–H groups in total. The third-order valence-corrected chi connectivity index (χ3v) is 8.66. The summed E-state index contributed by atoms with van der Waals surface area (Å²) in [5.41, 5.74) is 21.3. The van der Waals surface area contributed by atoms with Crippen molar-refractivity contribution in [1.29, 1.82) is 0 Å². The SMILES string of the molecule is NC(N)=NCCCC(NC(=O)C(N)Cc1c[nH]c2ccccc12)C(=O)NC(Cc1c[nH]c2ccccc12)C(=O)NC(Cc1ccccc1)C(=O)O. The van der Waals surface area contributed by atoms with Gasteiger partial charge in [0.1, 0.15) is 18.1 Å². The van der Waals surface area contributed by atoms with E-state index in [2.05, 4.69) is 30.9 Å². The molecule has 5 aromatic rings. The molecule has 4 unspecified atom stereocenters. The minimum atomic E-state index is -1.26. The van der Waals surface area contributed by atoms with E-state index in [9.17, 15) is 24.3 Å². The lowest BCUT2D eigenvalue weighted by Gasteiger charge is -2.25. The van der Waals surface area contributed by atoms with Crippen molar-refractivity contribution in [3.05, 3.63) is 108 Å². The van der Waals surface area contributed by atoms with Crippen LogP contribution in [-0.4, -0.2) is 75.4 Å². The van der Waals surface area contributed by atoms with Crippen LogP contribution in [-0.2, 0) is 38.4 Å². The number of nitrogens with zero attached hydrogens (tertiary/aromatic N) is 1. The number of fused-ring (bicyclic) bond motifs is 2. The molecule has 4 atom stereocenters. The van der Waals surface area contributed by atoms with Gasteiger partial charge in [0.15, 0.2) is 5.96 Å². The fourth-order valence-corrected chi connectivity index (χ4v) is 6.01. The van der Waals surface area contributed by atoms with Crippen LogP contribution in [0, 0.1) is 0 Å². The number of benzene rings is 3. The van der Waals surface area contributed by atoms with Gasteiger partial charge in [0.2, 0.25) is 17.7 Å². The monoisotopic (exact) mass is 693 g/mol. The van der Waals surface area contributed by atoms with E-state index in [-0.39, 0.29) is 38.2 Å². The van der Waals surface area contributed by atoms with Crippen LogP contribution >= 0.6 is 0 Å². The Bertz CT molecular complexity index is 2000. The number of nitrogens with two attached hydrogens (primary N) is 3. The molecule has 2 aromatic heterocycles. The number of carboxylic acids is 1. The van der Waals surface area contributed by atoms with Crippen LogP contribution in [0.4, 0.5) is 0 Å². The molecule has 51 heavy (non-hydrogen) atoms. The van der Waals surface area contributed by atoms with Gasteiger partial charge in [-0.1, -0.05) is 66.7 Å². The molecule has 2 heterocycles. The molecule has 14 heteroatoms. The number of amides is 3. The average molecular weight is 694 g/mol. The molecule has 266 valence electrons. The Labute approximate surface area is 294 Å². The van der Waals surface area contributed by atoms with Crippen LogP contribution in [0.3, 0.4) is 0 Å². The number of hydrogen-bond donors (Lipinski definition) is 9. The van der Waals surface area contributed by atoms with Crippen LogP contribution in [0.5, 0.6) is 0 Å². The van der Waals surface area contributed by atoms with E-state index >= 15 is 0 Å². The number of aliphatic imine (C=N–C) groups is 1. The van der Waals surface area contributed by atoms with Gasteiger partial charge in [-0.25, -0.2) is 4.79 Å². The Kier molecular flexibility index (Phi) is 12.0. The normalized spacial score (nSPS) is 13.5. The summed E-state index contributed by atoms with van der Waals surface area (Å²) in [5.74, 6) is -3.24. The van der Waals surface area contributed by atoms with Crippen molar-refractivity contribution in [2.45, 2.75) is 56.3 Å². The van der Waals surface area contributed by atoms with E-state index in [1.165, 1.54) is 0 Å². The number of aliphatic carboxylic acids is 1. The second-order valence-corrected chi connectivity index (χ2v) is 12.4. The maximum Gasteiger partial charge on any atom is 0.326 e. The zero-order chi connectivity index (χ0) is 36.3. The van der Waals surface area contributed by atoms with Crippen molar-refractivity contribution in [1.82, 2.24) is 25.9 Å². The van der Waals surface area contributed by atoms with Crippen LogP contribution in [0.15, 0.2) is 96.2 Å². The minimum absolute atomic E-state index is 0.0352. The average Bonchev–Trinajstić information content (AvgIpc) is 3.73. The lowest BCUT2D eigenvalue weighted by Crippen LogP contribution is -2.58. The summed E-state index contributed by atoms with van der Waals surface area (Å²) in [6, 6.07) is 19.5. The number of aromatic nitrogens is 2. The number of carbonyl (C=O) groups is 4. The Hall–Kier alpha value is -6.15. The molecule has 0 aliphatic rings. The highest BCUT2D eigenvalue weighted by Crippen LogP contribution is 2.21. The smallest absolute Gasteiger partial charge is 0.326 e. The summed E-state index contributed by atoms with van der Waals surface area (Å²) in [4.78, 5) is 63.8. The minimum Gasteiger partial charge on any atom is -0.480 e. The summed E-state index contributed by atoms with van der Waals surface area (Å²) in [6.45, 7) is 0.197.